The number of hydrogen-bond donors (Lipinski definition) is 1. The van der Waals surface area contributed by atoms with Gasteiger partial charge in [-0.05, 0) is 30.7 Å². The van der Waals surface area contributed by atoms with E-state index in [1.807, 2.05) is 0 Å². The lowest BCUT2D eigenvalue weighted by Gasteiger charge is -2.06. The third-order valence-electron chi connectivity index (χ3n) is 4.37. The van der Waals surface area contributed by atoms with Crippen molar-refractivity contribution >= 4 is 53.3 Å². The van der Waals surface area contributed by atoms with Crippen LogP contribution in [-0.2, 0) is 46.5 Å². The van der Waals surface area contributed by atoms with Gasteiger partial charge in [0.15, 0.2) is 14.6 Å². The second-order valence-electron chi connectivity index (χ2n) is 6.97. The number of primary sulfonamides is 1. The van der Waals surface area contributed by atoms with E-state index in [0.29, 0.717) is 15.8 Å². The van der Waals surface area contributed by atoms with Crippen LogP contribution in [0.1, 0.15) is 12.5 Å². The van der Waals surface area contributed by atoms with Gasteiger partial charge < -0.3 is 9.30 Å². The predicted octanol–water partition coefficient (Wildman–Crippen LogP) is 0.956. The van der Waals surface area contributed by atoms with E-state index >= 15 is 0 Å². The van der Waals surface area contributed by atoms with Gasteiger partial charge in [-0.25, -0.2) is 22.0 Å². The first-order valence-corrected chi connectivity index (χ1v) is 13.8. The van der Waals surface area contributed by atoms with Crippen LogP contribution in [0.25, 0.3) is 10.2 Å². The van der Waals surface area contributed by atoms with E-state index in [1.54, 1.807) is 37.3 Å². The first-order chi connectivity index (χ1) is 15.5. The van der Waals surface area contributed by atoms with E-state index in [9.17, 15) is 26.4 Å². The molecule has 0 spiro atoms. The Morgan fingerprint density at radius 1 is 1.09 bits per heavy atom. The molecule has 0 aliphatic carbocycles. The number of amides is 1. The Hall–Kier alpha value is -2.87. The van der Waals surface area contributed by atoms with Gasteiger partial charge in [0.05, 0.1) is 27.5 Å². The van der Waals surface area contributed by atoms with Crippen LogP contribution in [0.15, 0.2) is 58.4 Å². The molecule has 13 heteroatoms. The zero-order valence-corrected chi connectivity index (χ0v) is 20.0. The van der Waals surface area contributed by atoms with Crippen LogP contribution in [0.4, 0.5) is 0 Å². The van der Waals surface area contributed by atoms with Gasteiger partial charge in [0.2, 0.25) is 10.0 Å². The molecule has 3 aromatic rings. The highest BCUT2D eigenvalue weighted by Gasteiger charge is 2.19. The van der Waals surface area contributed by atoms with E-state index in [0.717, 1.165) is 11.3 Å². The van der Waals surface area contributed by atoms with Crippen LogP contribution < -0.4 is 9.94 Å². The van der Waals surface area contributed by atoms with Crippen molar-refractivity contribution in [2.45, 2.75) is 24.1 Å². The van der Waals surface area contributed by atoms with Crippen molar-refractivity contribution in [3.8, 4) is 0 Å². The molecule has 0 unspecified atom stereocenters. The third kappa shape index (κ3) is 6.57. The van der Waals surface area contributed by atoms with Crippen LogP contribution in [0.5, 0.6) is 0 Å². The monoisotopic (exact) mass is 511 g/mol. The molecule has 1 aromatic heterocycles. The molecule has 0 atom stereocenters. The largest absolute Gasteiger partial charge is 0.465 e. The summed E-state index contributed by atoms with van der Waals surface area (Å²) < 4.78 is 54.9. The summed E-state index contributed by atoms with van der Waals surface area (Å²) in [5, 5.41) is 5.18. The van der Waals surface area contributed by atoms with Gasteiger partial charge in [-0.15, -0.1) is 0 Å². The minimum Gasteiger partial charge on any atom is -0.465 e. The second-order valence-corrected chi connectivity index (χ2v) is 11.6. The van der Waals surface area contributed by atoms with Crippen molar-refractivity contribution in [1.29, 1.82) is 0 Å². The molecule has 0 bridgehead atoms. The van der Waals surface area contributed by atoms with E-state index in [1.165, 1.54) is 22.8 Å². The number of sulfone groups is 1. The number of aromatic nitrogens is 1. The SMILES string of the molecule is CCOC(=O)Cn1c(=NC(=O)CS(=O)(=O)Cc2ccccc2)sc2cc(S(N)(=O)=O)ccc21. The molecule has 1 heterocycles. The number of ether oxygens (including phenoxy) is 1. The van der Waals surface area contributed by atoms with Gasteiger partial charge in [-0.3, -0.25) is 9.59 Å². The van der Waals surface area contributed by atoms with E-state index in [-0.39, 0.29) is 28.6 Å². The number of sulfonamides is 1. The minimum atomic E-state index is -3.98. The van der Waals surface area contributed by atoms with Crippen molar-refractivity contribution in [2.75, 3.05) is 12.4 Å². The van der Waals surface area contributed by atoms with Crippen LogP contribution in [0, 0.1) is 0 Å². The maximum absolute atomic E-state index is 12.5. The lowest BCUT2D eigenvalue weighted by Crippen LogP contribution is -2.25. The molecule has 0 saturated heterocycles. The van der Waals surface area contributed by atoms with Crippen LogP contribution in [-0.4, -0.2) is 45.6 Å². The van der Waals surface area contributed by atoms with Gasteiger partial charge in [0.1, 0.15) is 12.3 Å². The van der Waals surface area contributed by atoms with Crippen molar-refractivity contribution < 1.29 is 31.2 Å². The summed E-state index contributed by atoms with van der Waals surface area (Å²) in [5.41, 5.74) is 0.958. The van der Waals surface area contributed by atoms with Gasteiger partial charge in [0.25, 0.3) is 5.91 Å². The summed E-state index contributed by atoms with van der Waals surface area (Å²) >= 11 is 0.925. The lowest BCUT2D eigenvalue weighted by atomic mass is 10.2. The van der Waals surface area contributed by atoms with Crippen LogP contribution in [0.2, 0.25) is 0 Å². The molecule has 0 aliphatic heterocycles. The lowest BCUT2D eigenvalue weighted by molar-refractivity contribution is -0.143. The quantitative estimate of drug-likeness (QED) is 0.442. The highest BCUT2D eigenvalue weighted by molar-refractivity contribution is 7.91. The number of thiazole rings is 1. The first kappa shape index (κ1) is 24.8. The maximum atomic E-state index is 12.5. The Labute approximate surface area is 194 Å². The van der Waals surface area contributed by atoms with Gasteiger partial charge in [-0.2, -0.15) is 4.99 Å². The Morgan fingerprint density at radius 2 is 1.79 bits per heavy atom. The molecule has 2 aromatic carbocycles. The number of hydrogen-bond acceptors (Lipinski definition) is 8. The number of esters is 1. The summed E-state index contributed by atoms with van der Waals surface area (Å²) in [6.45, 7) is 1.48. The normalized spacial score (nSPS) is 12.7. The highest BCUT2D eigenvalue weighted by atomic mass is 32.2. The molecule has 3 rings (SSSR count). The van der Waals surface area contributed by atoms with Crippen LogP contribution in [0.3, 0.4) is 0 Å². The smallest absolute Gasteiger partial charge is 0.326 e. The van der Waals surface area contributed by atoms with E-state index < -0.39 is 37.5 Å². The van der Waals surface area contributed by atoms with E-state index in [2.05, 4.69) is 4.99 Å². The van der Waals surface area contributed by atoms with Gasteiger partial charge >= 0.3 is 5.97 Å². The molecular weight excluding hydrogens is 490 g/mol. The molecule has 0 saturated carbocycles. The fourth-order valence-electron chi connectivity index (χ4n) is 3.01. The Morgan fingerprint density at radius 3 is 2.42 bits per heavy atom. The van der Waals surface area contributed by atoms with Crippen molar-refractivity contribution in [3.63, 3.8) is 0 Å². The van der Waals surface area contributed by atoms with Crippen molar-refractivity contribution in [3.05, 3.63) is 58.9 Å². The number of nitrogens with two attached hydrogens (primary N) is 1. The van der Waals surface area contributed by atoms with E-state index in [4.69, 9.17) is 9.88 Å². The Kier molecular flexibility index (Phi) is 7.47. The number of carbonyl (C=O) groups is 2. The molecular formula is C20H21N3O7S3. The molecule has 176 valence electrons. The topological polar surface area (TPSA) is 155 Å². The average Bonchev–Trinajstić information content (AvgIpc) is 3.03. The summed E-state index contributed by atoms with van der Waals surface area (Å²) in [6, 6.07) is 12.4. The minimum absolute atomic E-state index is 0.0320. The zero-order chi connectivity index (χ0) is 24.2. The number of carbonyl (C=O) groups excluding carboxylic acids is 2. The van der Waals surface area contributed by atoms with Crippen molar-refractivity contribution in [1.82, 2.24) is 4.57 Å². The summed E-state index contributed by atoms with van der Waals surface area (Å²) in [4.78, 5) is 28.4. The highest BCUT2D eigenvalue weighted by Crippen LogP contribution is 2.21. The van der Waals surface area contributed by atoms with Gasteiger partial charge in [-0.1, -0.05) is 41.7 Å². The molecule has 1 amide bonds. The molecule has 33 heavy (non-hydrogen) atoms. The maximum Gasteiger partial charge on any atom is 0.326 e. The molecule has 0 fully saturated rings. The first-order valence-electron chi connectivity index (χ1n) is 9.62. The second kappa shape index (κ2) is 9.95. The number of rotatable bonds is 8. The Balaban J connectivity index is 1.99. The van der Waals surface area contributed by atoms with Crippen LogP contribution >= 0.6 is 11.3 Å². The Bertz CT molecular complexity index is 1470. The molecule has 0 aliphatic rings. The fourth-order valence-corrected chi connectivity index (χ4v) is 5.95. The van der Waals surface area contributed by atoms with Gasteiger partial charge in [0, 0.05) is 0 Å². The number of fused-ring (bicyclic) bond motifs is 1. The number of nitrogens with zero attached hydrogens (tertiary/aromatic N) is 2. The predicted molar refractivity (Wildman–Crippen MR) is 122 cm³/mol. The molecule has 10 nitrogen and oxygen atoms in total. The molecule has 0 radical (unpaired) electrons. The summed E-state index contributed by atoms with van der Waals surface area (Å²) in [5.74, 6) is -2.65. The molecule has 2 N–H and O–H groups in total. The average molecular weight is 512 g/mol. The van der Waals surface area contributed by atoms with Crippen molar-refractivity contribution in [2.24, 2.45) is 10.1 Å². The fraction of sp³-hybridized carbons (Fsp3) is 0.250. The summed E-state index contributed by atoms with van der Waals surface area (Å²) in [7, 11) is -7.77. The standard InChI is InChI=1S/C20H21N3O7S3/c1-2-30-19(25)11-23-16-9-8-15(33(21,28)29)10-17(16)31-20(23)22-18(24)13-32(26,27)12-14-6-4-3-5-7-14/h3-10H,2,11-13H2,1H3,(H2,21,28,29). The number of benzene rings is 2. The summed E-state index contributed by atoms with van der Waals surface area (Å²) in [6.07, 6.45) is 0. The zero-order valence-electron chi connectivity index (χ0n) is 17.5. The third-order valence-corrected chi connectivity index (χ3v) is 7.78.